The van der Waals surface area contributed by atoms with Gasteiger partial charge >= 0.3 is 0 Å². The molecule has 0 amide bonds. The van der Waals surface area contributed by atoms with E-state index in [2.05, 4.69) is 31.3 Å². The lowest BCUT2D eigenvalue weighted by molar-refractivity contribution is 1.08. The molecule has 0 aromatic rings. The molecule has 0 saturated carbocycles. The highest BCUT2D eigenvalue weighted by Crippen LogP contribution is 1.99. The van der Waals surface area contributed by atoms with Gasteiger partial charge in [-0.25, -0.2) is 0 Å². The van der Waals surface area contributed by atoms with Crippen LogP contribution in [0, 0.1) is 0 Å². The van der Waals surface area contributed by atoms with E-state index in [0.29, 0.717) is 0 Å². The highest BCUT2D eigenvalue weighted by Gasteiger charge is 1.80. The number of rotatable bonds is 3. The van der Waals surface area contributed by atoms with Crippen molar-refractivity contribution in [3.8, 4) is 0 Å². The van der Waals surface area contributed by atoms with E-state index in [1.807, 2.05) is 40.9 Å². The third-order valence-corrected chi connectivity index (χ3v) is 1.24. The maximum atomic E-state index is 2.95. The van der Waals surface area contributed by atoms with Crippen LogP contribution in [0.4, 0.5) is 0 Å². The predicted octanol–water partition coefficient (Wildman–Crippen LogP) is 4.13. The Morgan fingerprint density at radius 3 is 1.85 bits per heavy atom. The minimum Gasteiger partial charge on any atom is -0.394 e. The lowest BCUT2D eigenvalue weighted by Crippen LogP contribution is -1.91. The van der Waals surface area contributed by atoms with Crippen molar-refractivity contribution in [2.75, 3.05) is 7.05 Å². The molecular weight excluding hydrogens is 158 g/mol. The third kappa shape index (κ3) is 18.3. The molecule has 0 aliphatic rings. The van der Waals surface area contributed by atoms with E-state index in [-0.39, 0.29) is 0 Å². The van der Waals surface area contributed by atoms with Gasteiger partial charge in [-0.1, -0.05) is 46.3 Å². The fourth-order valence-corrected chi connectivity index (χ4v) is 0.609. The first-order valence-corrected chi connectivity index (χ1v) is 5.34. The van der Waals surface area contributed by atoms with Crippen LogP contribution in [-0.4, -0.2) is 7.05 Å². The second-order valence-electron chi connectivity index (χ2n) is 1.84. The number of hydrogen-bond donors (Lipinski definition) is 1. The van der Waals surface area contributed by atoms with Crippen molar-refractivity contribution >= 4 is 0 Å². The lowest BCUT2D eigenvalue weighted by atomic mass is 10.2. The van der Waals surface area contributed by atoms with Crippen molar-refractivity contribution in [3.63, 3.8) is 0 Å². The summed E-state index contributed by atoms with van der Waals surface area (Å²) in [5.41, 5.74) is 1.37. The summed E-state index contributed by atoms with van der Waals surface area (Å²) in [7, 11) is 1.90. The summed E-state index contributed by atoms with van der Waals surface area (Å²) in [6, 6.07) is 0. The zero-order chi connectivity index (χ0) is 11.1. The van der Waals surface area contributed by atoms with Crippen LogP contribution in [-0.2, 0) is 0 Å². The average Bonchev–Trinajstić information content (AvgIpc) is 2.25. The summed E-state index contributed by atoms with van der Waals surface area (Å²) in [6.07, 6.45) is 7.25. The first-order chi connectivity index (χ1) is 6.35. The van der Waals surface area contributed by atoms with E-state index >= 15 is 0 Å². The largest absolute Gasteiger partial charge is 0.394 e. The molecule has 1 N–H and O–H groups in total. The van der Waals surface area contributed by atoms with Gasteiger partial charge in [0.15, 0.2) is 0 Å². The highest BCUT2D eigenvalue weighted by atomic mass is 14.8. The summed E-state index contributed by atoms with van der Waals surface area (Å²) in [5, 5.41) is 2.95. The van der Waals surface area contributed by atoms with Crippen LogP contribution < -0.4 is 5.32 Å². The molecule has 0 atom stereocenters. The fraction of sp³-hybridized carbons (Fsp3) is 0.667. The first kappa shape index (κ1) is 18.1. The van der Waals surface area contributed by atoms with Crippen molar-refractivity contribution in [2.24, 2.45) is 0 Å². The van der Waals surface area contributed by atoms with Gasteiger partial charge in [0.1, 0.15) is 0 Å². The molecule has 1 nitrogen and oxygen atoms in total. The van der Waals surface area contributed by atoms with Crippen molar-refractivity contribution in [2.45, 2.75) is 48.0 Å². The Kier molecular flexibility index (Phi) is 31.4. The van der Waals surface area contributed by atoms with Gasteiger partial charge in [0.25, 0.3) is 0 Å². The summed E-state index contributed by atoms with van der Waals surface area (Å²) >= 11 is 0. The maximum Gasteiger partial charge on any atom is 0.00277 e. The molecule has 80 valence electrons. The standard InChI is InChI=1S/C8H15N.2C2H6/c1-4-8(5-2)6-7-9-3;2*1-2/h4,6-7,9H,5H2,1-3H3;2*1-2H3/b7-6-,8-4-;;. The van der Waals surface area contributed by atoms with Crippen molar-refractivity contribution < 1.29 is 0 Å². The minimum absolute atomic E-state index is 1.11. The van der Waals surface area contributed by atoms with Crippen LogP contribution in [0.25, 0.3) is 0 Å². The zero-order valence-electron chi connectivity index (χ0n) is 10.4. The van der Waals surface area contributed by atoms with Crippen LogP contribution >= 0.6 is 0 Å². The second kappa shape index (κ2) is 22.5. The van der Waals surface area contributed by atoms with E-state index in [4.69, 9.17) is 0 Å². The number of allylic oxidation sites excluding steroid dienone is 3. The first-order valence-electron chi connectivity index (χ1n) is 5.34. The molecule has 0 unspecified atom stereocenters. The molecule has 0 aromatic heterocycles. The Labute approximate surface area is 84.9 Å². The smallest absolute Gasteiger partial charge is 0.00277 e. The lowest BCUT2D eigenvalue weighted by Gasteiger charge is -1.92. The van der Waals surface area contributed by atoms with Crippen molar-refractivity contribution in [1.82, 2.24) is 5.32 Å². The quantitative estimate of drug-likeness (QED) is 0.652. The van der Waals surface area contributed by atoms with E-state index in [1.54, 1.807) is 0 Å². The van der Waals surface area contributed by atoms with Crippen LogP contribution in [0.2, 0.25) is 0 Å². The SMILES string of the molecule is C/C=C(\C=C/NC)CC.CC.CC. The molecule has 0 aliphatic heterocycles. The zero-order valence-corrected chi connectivity index (χ0v) is 10.4. The molecule has 13 heavy (non-hydrogen) atoms. The van der Waals surface area contributed by atoms with Crippen LogP contribution in [0.3, 0.4) is 0 Å². The van der Waals surface area contributed by atoms with Gasteiger partial charge in [-0.2, -0.15) is 0 Å². The number of nitrogens with one attached hydrogen (secondary N) is 1. The highest BCUT2D eigenvalue weighted by molar-refractivity contribution is 5.16. The van der Waals surface area contributed by atoms with Gasteiger partial charge in [0, 0.05) is 7.05 Å². The Morgan fingerprint density at radius 2 is 1.62 bits per heavy atom. The molecule has 0 aromatic carbocycles. The molecule has 0 fully saturated rings. The number of hydrogen-bond acceptors (Lipinski definition) is 1. The van der Waals surface area contributed by atoms with Gasteiger partial charge in [-0.15, -0.1) is 0 Å². The summed E-state index contributed by atoms with van der Waals surface area (Å²) < 4.78 is 0. The van der Waals surface area contributed by atoms with Gasteiger partial charge in [-0.05, 0) is 25.6 Å². The van der Waals surface area contributed by atoms with Crippen LogP contribution in [0.5, 0.6) is 0 Å². The minimum atomic E-state index is 1.11. The predicted molar refractivity (Wildman–Crippen MR) is 64.9 cm³/mol. The second-order valence-corrected chi connectivity index (χ2v) is 1.84. The molecule has 0 spiro atoms. The third-order valence-electron chi connectivity index (χ3n) is 1.24. The summed E-state index contributed by atoms with van der Waals surface area (Å²) in [4.78, 5) is 0. The monoisotopic (exact) mass is 185 g/mol. The molecule has 0 aliphatic carbocycles. The molecule has 1 heteroatoms. The van der Waals surface area contributed by atoms with Crippen molar-refractivity contribution in [1.29, 1.82) is 0 Å². The van der Waals surface area contributed by atoms with E-state index in [0.717, 1.165) is 6.42 Å². The van der Waals surface area contributed by atoms with Crippen LogP contribution in [0.15, 0.2) is 23.9 Å². The van der Waals surface area contributed by atoms with Crippen molar-refractivity contribution in [3.05, 3.63) is 23.9 Å². The summed E-state index contributed by atoms with van der Waals surface area (Å²) in [6.45, 7) is 12.2. The van der Waals surface area contributed by atoms with Gasteiger partial charge < -0.3 is 5.32 Å². The Hall–Kier alpha value is -0.720. The molecule has 0 heterocycles. The normalized spacial score (nSPS) is 9.62. The average molecular weight is 185 g/mol. The Morgan fingerprint density at radius 1 is 1.15 bits per heavy atom. The van der Waals surface area contributed by atoms with Crippen LogP contribution in [0.1, 0.15) is 48.0 Å². The van der Waals surface area contributed by atoms with E-state index in [9.17, 15) is 0 Å². The maximum absolute atomic E-state index is 2.95. The molecular formula is C12H27N. The molecule has 0 bridgehead atoms. The fourth-order valence-electron chi connectivity index (χ4n) is 0.609. The molecule has 0 saturated heterocycles. The van der Waals surface area contributed by atoms with Gasteiger partial charge in [-0.3, -0.25) is 0 Å². The van der Waals surface area contributed by atoms with Gasteiger partial charge in [0.05, 0.1) is 0 Å². The van der Waals surface area contributed by atoms with Gasteiger partial charge in [0.2, 0.25) is 0 Å². The Bertz CT molecular complexity index is 112. The summed E-state index contributed by atoms with van der Waals surface area (Å²) in [5.74, 6) is 0. The van der Waals surface area contributed by atoms with E-state index < -0.39 is 0 Å². The molecule has 0 rings (SSSR count). The molecule has 0 radical (unpaired) electrons. The van der Waals surface area contributed by atoms with E-state index in [1.165, 1.54) is 5.57 Å². The topological polar surface area (TPSA) is 12.0 Å². The Balaban J connectivity index is -0.000000218.